The van der Waals surface area contributed by atoms with Gasteiger partial charge in [-0.15, -0.1) is 10.2 Å². The Morgan fingerprint density at radius 3 is 2.37 bits per heavy atom. The summed E-state index contributed by atoms with van der Waals surface area (Å²) in [4.78, 5) is 19.2. The first-order valence-corrected chi connectivity index (χ1v) is 9.88. The van der Waals surface area contributed by atoms with E-state index in [1.165, 1.54) is 18.5 Å². The van der Waals surface area contributed by atoms with Crippen LogP contribution in [0.4, 0.5) is 11.5 Å². The van der Waals surface area contributed by atoms with E-state index in [4.69, 9.17) is 0 Å². The molecule has 1 amide bonds. The van der Waals surface area contributed by atoms with Gasteiger partial charge in [-0.05, 0) is 43.0 Å². The van der Waals surface area contributed by atoms with E-state index in [-0.39, 0.29) is 5.91 Å². The van der Waals surface area contributed by atoms with E-state index in [9.17, 15) is 4.79 Å². The Bertz CT molecular complexity index is 756. The molecule has 2 saturated heterocycles. The van der Waals surface area contributed by atoms with Crippen LogP contribution in [-0.4, -0.2) is 60.3 Å². The lowest BCUT2D eigenvalue weighted by molar-refractivity contribution is 0.0739. The van der Waals surface area contributed by atoms with Gasteiger partial charge in [-0.3, -0.25) is 4.79 Å². The van der Waals surface area contributed by atoms with E-state index in [0.717, 1.165) is 32.0 Å². The van der Waals surface area contributed by atoms with Crippen LogP contribution in [0.5, 0.6) is 0 Å². The summed E-state index contributed by atoms with van der Waals surface area (Å²) in [5.41, 5.74) is 1.65. The predicted octanol–water partition coefficient (Wildman–Crippen LogP) is 2.68. The van der Waals surface area contributed by atoms with Crippen LogP contribution in [0.15, 0.2) is 42.5 Å². The van der Waals surface area contributed by atoms with Crippen LogP contribution in [0.25, 0.3) is 0 Å². The SMILES string of the molecule is CC1CCCN(c2ccc(C(=O)N3CCN(c4ccccc4)CC3)nn2)C1. The van der Waals surface area contributed by atoms with E-state index in [0.29, 0.717) is 24.7 Å². The molecule has 0 aliphatic carbocycles. The first-order valence-electron chi connectivity index (χ1n) is 9.88. The molecular formula is C21H27N5O. The summed E-state index contributed by atoms with van der Waals surface area (Å²) >= 11 is 0. The Morgan fingerprint density at radius 2 is 1.70 bits per heavy atom. The summed E-state index contributed by atoms with van der Waals surface area (Å²) in [6.45, 7) is 7.41. The Morgan fingerprint density at radius 1 is 0.926 bits per heavy atom. The molecule has 2 aliphatic rings. The van der Waals surface area contributed by atoms with Gasteiger partial charge in [-0.1, -0.05) is 25.1 Å². The third kappa shape index (κ3) is 4.04. The number of benzene rings is 1. The van der Waals surface area contributed by atoms with Gasteiger partial charge in [0, 0.05) is 45.0 Å². The van der Waals surface area contributed by atoms with Gasteiger partial charge in [0.05, 0.1) is 0 Å². The van der Waals surface area contributed by atoms with E-state index in [1.54, 1.807) is 0 Å². The van der Waals surface area contributed by atoms with Crippen molar-refractivity contribution < 1.29 is 4.79 Å². The molecule has 142 valence electrons. The molecule has 2 fully saturated rings. The average Bonchev–Trinajstić information content (AvgIpc) is 2.74. The van der Waals surface area contributed by atoms with Gasteiger partial charge >= 0.3 is 0 Å². The number of piperazine rings is 1. The van der Waals surface area contributed by atoms with E-state index in [1.807, 2.05) is 35.2 Å². The van der Waals surface area contributed by atoms with Crippen LogP contribution < -0.4 is 9.80 Å². The summed E-state index contributed by atoms with van der Waals surface area (Å²) in [5.74, 6) is 1.54. The molecule has 0 N–H and O–H groups in total. The lowest BCUT2D eigenvalue weighted by Crippen LogP contribution is -2.49. The monoisotopic (exact) mass is 365 g/mol. The minimum atomic E-state index is -0.0197. The highest BCUT2D eigenvalue weighted by Crippen LogP contribution is 2.21. The Balaban J connectivity index is 1.36. The van der Waals surface area contributed by atoms with Crippen molar-refractivity contribution in [1.82, 2.24) is 15.1 Å². The van der Waals surface area contributed by atoms with E-state index >= 15 is 0 Å². The Kier molecular flexibility index (Phi) is 5.23. The van der Waals surface area contributed by atoms with Crippen LogP contribution >= 0.6 is 0 Å². The number of carbonyl (C=O) groups excluding carboxylic acids is 1. The molecule has 3 heterocycles. The third-order valence-corrected chi connectivity index (χ3v) is 5.54. The van der Waals surface area contributed by atoms with Crippen LogP contribution in [0.1, 0.15) is 30.3 Å². The largest absolute Gasteiger partial charge is 0.368 e. The second kappa shape index (κ2) is 7.94. The molecule has 27 heavy (non-hydrogen) atoms. The zero-order valence-electron chi connectivity index (χ0n) is 15.9. The number of nitrogens with zero attached hydrogens (tertiary/aromatic N) is 5. The molecular weight excluding hydrogens is 338 g/mol. The molecule has 2 aliphatic heterocycles. The quantitative estimate of drug-likeness (QED) is 0.837. The van der Waals surface area contributed by atoms with Crippen molar-refractivity contribution in [3.63, 3.8) is 0 Å². The Hall–Kier alpha value is -2.63. The summed E-state index contributed by atoms with van der Waals surface area (Å²) in [6, 6.07) is 14.1. The van der Waals surface area contributed by atoms with E-state index in [2.05, 4.69) is 39.1 Å². The Labute approximate surface area is 160 Å². The summed E-state index contributed by atoms with van der Waals surface area (Å²) < 4.78 is 0. The van der Waals surface area contributed by atoms with Crippen molar-refractivity contribution in [1.29, 1.82) is 0 Å². The molecule has 0 radical (unpaired) electrons. The molecule has 0 spiro atoms. The molecule has 6 heteroatoms. The number of hydrogen-bond donors (Lipinski definition) is 0. The molecule has 4 rings (SSSR count). The van der Waals surface area contributed by atoms with Gasteiger partial charge in [0.15, 0.2) is 11.5 Å². The highest BCUT2D eigenvalue weighted by Gasteiger charge is 2.24. The number of rotatable bonds is 3. The average molecular weight is 365 g/mol. The molecule has 2 aromatic rings. The number of carbonyl (C=O) groups is 1. The molecule has 1 aromatic carbocycles. The zero-order valence-corrected chi connectivity index (χ0v) is 15.9. The van der Waals surface area contributed by atoms with Gasteiger partial charge in [0.2, 0.25) is 0 Å². The number of anilines is 2. The number of piperidine rings is 1. The van der Waals surface area contributed by atoms with Crippen LogP contribution in [-0.2, 0) is 0 Å². The maximum Gasteiger partial charge on any atom is 0.274 e. The van der Waals surface area contributed by atoms with Gasteiger partial charge in [0.1, 0.15) is 0 Å². The van der Waals surface area contributed by atoms with Crippen LogP contribution in [0, 0.1) is 5.92 Å². The number of amides is 1. The zero-order chi connectivity index (χ0) is 18.6. The summed E-state index contributed by atoms with van der Waals surface area (Å²) in [7, 11) is 0. The summed E-state index contributed by atoms with van der Waals surface area (Å²) in [5, 5.41) is 8.57. The van der Waals surface area contributed by atoms with Gasteiger partial charge in [0.25, 0.3) is 5.91 Å². The maximum absolute atomic E-state index is 12.8. The van der Waals surface area contributed by atoms with Crippen molar-refractivity contribution in [2.24, 2.45) is 5.92 Å². The molecule has 0 saturated carbocycles. The minimum Gasteiger partial charge on any atom is -0.368 e. The predicted molar refractivity (Wildman–Crippen MR) is 107 cm³/mol. The van der Waals surface area contributed by atoms with Gasteiger partial charge in [-0.25, -0.2) is 0 Å². The van der Waals surface area contributed by atoms with Crippen molar-refractivity contribution in [3.05, 3.63) is 48.2 Å². The number of aromatic nitrogens is 2. The first kappa shape index (κ1) is 17.8. The smallest absolute Gasteiger partial charge is 0.274 e. The third-order valence-electron chi connectivity index (χ3n) is 5.54. The lowest BCUT2D eigenvalue weighted by Gasteiger charge is -2.36. The van der Waals surface area contributed by atoms with E-state index < -0.39 is 0 Å². The van der Waals surface area contributed by atoms with Crippen molar-refractivity contribution in [2.45, 2.75) is 19.8 Å². The molecule has 6 nitrogen and oxygen atoms in total. The van der Waals surface area contributed by atoms with Crippen molar-refractivity contribution >= 4 is 17.4 Å². The topological polar surface area (TPSA) is 52.6 Å². The second-order valence-corrected chi connectivity index (χ2v) is 7.58. The lowest BCUT2D eigenvalue weighted by atomic mass is 10.0. The second-order valence-electron chi connectivity index (χ2n) is 7.58. The van der Waals surface area contributed by atoms with Crippen LogP contribution in [0.2, 0.25) is 0 Å². The maximum atomic E-state index is 12.8. The molecule has 1 aromatic heterocycles. The van der Waals surface area contributed by atoms with Crippen molar-refractivity contribution in [3.8, 4) is 0 Å². The normalized spacial score (nSPS) is 20.6. The van der Waals surface area contributed by atoms with Gasteiger partial charge < -0.3 is 14.7 Å². The molecule has 1 atom stereocenters. The van der Waals surface area contributed by atoms with Crippen molar-refractivity contribution in [2.75, 3.05) is 49.1 Å². The fraction of sp³-hybridized carbons (Fsp3) is 0.476. The van der Waals surface area contributed by atoms with Gasteiger partial charge in [-0.2, -0.15) is 0 Å². The minimum absolute atomic E-state index is 0.0197. The summed E-state index contributed by atoms with van der Waals surface area (Å²) in [6.07, 6.45) is 2.46. The highest BCUT2D eigenvalue weighted by atomic mass is 16.2. The standard InChI is InChI=1S/C21H27N5O/c1-17-6-5-11-26(16-17)20-10-9-19(22-23-20)21(27)25-14-12-24(13-15-25)18-7-3-2-4-8-18/h2-4,7-10,17H,5-6,11-16H2,1H3. The van der Waals surface area contributed by atoms with Crippen LogP contribution in [0.3, 0.4) is 0 Å². The fourth-order valence-electron chi connectivity index (χ4n) is 3.97. The fourth-order valence-corrected chi connectivity index (χ4v) is 3.97. The number of hydrogen-bond acceptors (Lipinski definition) is 5. The highest BCUT2D eigenvalue weighted by molar-refractivity contribution is 5.92. The molecule has 1 unspecified atom stereocenters. The number of para-hydroxylation sites is 1. The first-order chi connectivity index (χ1) is 13.2. The molecule has 0 bridgehead atoms.